The minimum absolute atomic E-state index is 0.201. The maximum Gasteiger partial charge on any atom is 0.332 e. The van der Waals surface area contributed by atoms with E-state index < -0.39 is 23.3 Å². The molecule has 0 spiro atoms. The van der Waals surface area contributed by atoms with Crippen molar-refractivity contribution in [1.29, 1.82) is 0 Å². The van der Waals surface area contributed by atoms with Crippen LogP contribution in [-0.2, 0) is 9.59 Å². The van der Waals surface area contributed by atoms with E-state index in [0.717, 1.165) is 5.57 Å². The van der Waals surface area contributed by atoms with Gasteiger partial charge in [0.25, 0.3) is 0 Å². The van der Waals surface area contributed by atoms with Crippen LogP contribution in [-0.4, -0.2) is 22.2 Å². The highest BCUT2D eigenvalue weighted by Crippen LogP contribution is 2.44. The maximum absolute atomic E-state index is 11.3. The fourth-order valence-electron chi connectivity index (χ4n) is 2.24. The summed E-state index contributed by atoms with van der Waals surface area (Å²) in [5, 5.41) is 18.5. The molecule has 2 unspecified atom stereocenters. The molecule has 0 aromatic heterocycles. The summed E-state index contributed by atoms with van der Waals surface area (Å²) in [6.07, 6.45) is 4.42. The van der Waals surface area contributed by atoms with Gasteiger partial charge in [-0.05, 0) is 18.9 Å². The highest BCUT2D eigenvalue weighted by Gasteiger charge is 2.44. The summed E-state index contributed by atoms with van der Waals surface area (Å²) >= 11 is 0. The molecular formula is C13H18O4. The molecule has 0 saturated carbocycles. The zero-order valence-corrected chi connectivity index (χ0v) is 10.4. The summed E-state index contributed by atoms with van der Waals surface area (Å²) in [6.45, 7) is 5.40. The molecule has 0 aromatic rings. The van der Waals surface area contributed by atoms with Crippen LogP contribution in [0.2, 0.25) is 0 Å². The molecule has 1 aliphatic carbocycles. The van der Waals surface area contributed by atoms with Crippen molar-refractivity contribution in [2.24, 2.45) is 11.3 Å². The van der Waals surface area contributed by atoms with E-state index in [0.29, 0.717) is 12.8 Å². The lowest BCUT2D eigenvalue weighted by molar-refractivity contribution is -0.144. The molecule has 94 valence electrons. The average Bonchev–Trinajstić information content (AvgIpc) is 2.28. The summed E-state index contributed by atoms with van der Waals surface area (Å²) < 4.78 is 0. The van der Waals surface area contributed by atoms with Gasteiger partial charge in [0.15, 0.2) is 0 Å². The van der Waals surface area contributed by atoms with Gasteiger partial charge in [-0.2, -0.15) is 0 Å². The minimum atomic E-state index is -1.03. The molecule has 1 aliphatic rings. The van der Waals surface area contributed by atoms with E-state index in [1.54, 1.807) is 19.1 Å². The fraction of sp³-hybridized carbons (Fsp3) is 0.538. The highest BCUT2D eigenvalue weighted by molar-refractivity contribution is 5.91. The summed E-state index contributed by atoms with van der Waals surface area (Å²) in [5.41, 5.74) is 0.142. The van der Waals surface area contributed by atoms with Gasteiger partial charge in [-0.25, -0.2) is 4.79 Å². The number of rotatable bonds is 4. The number of hydrogen-bond donors (Lipinski definition) is 2. The Balaban J connectivity index is 3.35. The normalized spacial score (nSPS) is 28.3. The number of carboxylic acid groups (broad SMARTS) is 2. The molecule has 17 heavy (non-hydrogen) atoms. The standard InChI is InChI=1S/C13H18O4/c1-4-8-6-9(11(14)15)13(3,5-2)10(7-8)12(16)17/h6-7,9H,4-5H2,1-3H3,(H,14,15)(H,16,17). The molecule has 0 aromatic carbocycles. The van der Waals surface area contributed by atoms with E-state index in [9.17, 15) is 19.8 Å². The number of allylic oxidation sites excluding steroid dienone is 2. The SMILES string of the molecule is CCC1=CC(C(=O)O)C(C)(CC)C(C(=O)O)=C1. The molecule has 0 amide bonds. The van der Waals surface area contributed by atoms with Crippen LogP contribution >= 0.6 is 0 Å². The Bertz CT molecular complexity index is 406. The first-order valence-corrected chi connectivity index (χ1v) is 5.75. The van der Waals surface area contributed by atoms with Crippen LogP contribution in [0.3, 0.4) is 0 Å². The third-order valence-electron chi connectivity index (χ3n) is 3.65. The molecule has 0 aliphatic heterocycles. The maximum atomic E-state index is 11.3. The topological polar surface area (TPSA) is 74.6 Å². The fourth-order valence-corrected chi connectivity index (χ4v) is 2.24. The molecule has 1 rings (SSSR count). The zero-order valence-electron chi connectivity index (χ0n) is 10.4. The Hall–Kier alpha value is -1.58. The molecule has 2 atom stereocenters. The van der Waals surface area contributed by atoms with E-state index in [1.165, 1.54) is 0 Å². The Kier molecular flexibility index (Phi) is 3.76. The van der Waals surface area contributed by atoms with E-state index in [1.807, 2.05) is 13.8 Å². The van der Waals surface area contributed by atoms with Crippen LogP contribution in [0, 0.1) is 11.3 Å². The molecule has 2 N–H and O–H groups in total. The quantitative estimate of drug-likeness (QED) is 0.789. The molecule has 4 nitrogen and oxygen atoms in total. The second-order valence-electron chi connectivity index (χ2n) is 4.55. The molecule has 0 heterocycles. The van der Waals surface area contributed by atoms with E-state index >= 15 is 0 Å². The number of carbonyl (C=O) groups is 2. The predicted octanol–water partition coefficient (Wildman–Crippen LogP) is 2.46. The lowest BCUT2D eigenvalue weighted by atomic mass is 9.65. The first kappa shape index (κ1) is 13.5. The number of aliphatic carboxylic acids is 2. The predicted molar refractivity (Wildman–Crippen MR) is 63.6 cm³/mol. The number of hydrogen-bond acceptors (Lipinski definition) is 2. The lowest BCUT2D eigenvalue weighted by Crippen LogP contribution is -2.38. The van der Waals surface area contributed by atoms with E-state index in [2.05, 4.69) is 0 Å². The number of carboxylic acids is 2. The third kappa shape index (κ3) is 2.25. The van der Waals surface area contributed by atoms with Gasteiger partial charge in [0.05, 0.1) is 5.92 Å². The van der Waals surface area contributed by atoms with Gasteiger partial charge in [0.2, 0.25) is 0 Å². The van der Waals surface area contributed by atoms with Gasteiger partial charge in [-0.3, -0.25) is 4.79 Å². The zero-order chi connectivity index (χ0) is 13.2. The summed E-state index contributed by atoms with van der Waals surface area (Å²) in [4.78, 5) is 22.6. The van der Waals surface area contributed by atoms with Gasteiger partial charge < -0.3 is 10.2 Å². The van der Waals surface area contributed by atoms with Crippen LogP contribution in [0.1, 0.15) is 33.6 Å². The molecule has 4 heteroatoms. The van der Waals surface area contributed by atoms with Crippen molar-refractivity contribution < 1.29 is 19.8 Å². The monoisotopic (exact) mass is 238 g/mol. The van der Waals surface area contributed by atoms with Crippen molar-refractivity contribution in [3.8, 4) is 0 Å². The average molecular weight is 238 g/mol. The van der Waals surface area contributed by atoms with Crippen molar-refractivity contribution in [3.63, 3.8) is 0 Å². The molecule has 0 fully saturated rings. The first-order chi connectivity index (χ1) is 7.86. The van der Waals surface area contributed by atoms with E-state index in [4.69, 9.17) is 0 Å². The Labute approximate surface area is 101 Å². The van der Waals surface area contributed by atoms with Gasteiger partial charge in [0.1, 0.15) is 0 Å². The largest absolute Gasteiger partial charge is 0.481 e. The van der Waals surface area contributed by atoms with Crippen LogP contribution in [0.15, 0.2) is 23.3 Å². The van der Waals surface area contributed by atoms with Crippen molar-refractivity contribution in [2.45, 2.75) is 33.6 Å². The van der Waals surface area contributed by atoms with Crippen LogP contribution < -0.4 is 0 Å². The van der Waals surface area contributed by atoms with Gasteiger partial charge >= 0.3 is 11.9 Å². The van der Waals surface area contributed by atoms with Crippen molar-refractivity contribution in [3.05, 3.63) is 23.3 Å². The Morgan fingerprint density at radius 1 is 1.35 bits per heavy atom. The molecule has 0 saturated heterocycles. The second-order valence-corrected chi connectivity index (χ2v) is 4.55. The van der Waals surface area contributed by atoms with Crippen molar-refractivity contribution in [2.75, 3.05) is 0 Å². The summed E-state index contributed by atoms with van der Waals surface area (Å²) in [6, 6.07) is 0. The van der Waals surface area contributed by atoms with Crippen molar-refractivity contribution in [1.82, 2.24) is 0 Å². The first-order valence-electron chi connectivity index (χ1n) is 5.75. The molecule has 0 bridgehead atoms. The summed E-state index contributed by atoms with van der Waals surface area (Å²) in [7, 11) is 0. The van der Waals surface area contributed by atoms with Crippen molar-refractivity contribution >= 4 is 11.9 Å². The Morgan fingerprint density at radius 3 is 2.29 bits per heavy atom. The van der Waals surface area contributed by atoms with Crippen LogP contribution in [0.25, 0.3) is 0 Å². The van der Waals surface area contributed by atoms with E-state index in [-0.39, 0.29) is 5.57 Å². The minimum Gasteiger partial charge on any atom is -0.481 e. The molecular weight excluding hydrogens is 220 g/mol. The summed E-state index contributed by atoms with van der Waals surface area (Å²) in [5.74, 6) is -2.76. The molecule has 0 radical (unpaired) electrons. The lowest BCUT2D eigenvalue weighted by Gasteiger charge is -2.36. The van der Waals surface area contributed by atoms with Gasteiger partial charge in [-0.15, -0.1) is 0 Å². The van der Waals surface area contributed by atoms with Gasteiger partial charge in [0, 0.05) is 11.0 Å². The Morgan fingerprint density at radius 2 is 1.94 bits per heavy atom. The highest BCUT2D eigenvalue weighted by atomic mass is 16.4. The van der Waals surface area contributed by atoms with Crippen LogP contribution in [0.5, 0.6) is 0 Å². The smallest absolute Gasteiger partial charge is 0.332 e. The third-order valence-corrected chi connectivity index (χ3v) is 3.65. The van der Waals surface area contributed by atoms with Crippen LogP contribution in [0.4, 0.5) is 0 Å². The van der Waals surface area contributed by atoms with Gasteiger partial charge in [-0.1, -0.05) is 32.4 Å². The second kappa shape index (κ2) is 4.73.